The zero-order valence-corrected chi connectivity index (χ0v) is 37.4. The highest BCUT2D eigenvalue weighted by Gasteiger charge is 2.19. The second-order valence-corrected chi connectivity index (χ2v) is 16.4. The Morgan fingerprint density at radius 1 is 0.339 bits per heavy atom. The molecule has 56 heavy (non-hydrogen) atoms. The standard InChI is InChI=1S/C50H92O6/c1-4-7-10-13-16-19-22-24-26-28-31-34-37-40-43-49(52)55-46-47(45-54-48(51)42-39-36-33-30-21-18-15-12-9-6-3)56-50(53)44-41-38-35-32-29-27-25-23-20-17-14-11-8-5-2/h26-29,47H,4-25,30-46H2,1-3H3/b28-26-,29-27-. The first-order valence-electron chi connectivity index (χ1n) is 24.3. The number of rotatable bonds is 44. The highest BCUT2D eigenvalue weighted by atomic mass is 16.6. The van der Waals surface area contributed by atoms with Crippen LogP contribution in [0.5, 0.6) is 0 Å². The lowest BCUT2D eigenvalue weighted by Gasteiger charge is -2.18. The van der Waals surface area contributed by atoms with Crippen molar-refractivity contribution in [2.75, 3.05) is 13.2 Å². The second-order valence-electron chi connectivity index (χ2n) is 16.4. The van der Waals surface area contributed by atoms with E-state index in [1.165, 1.54) is 135 Å². The second kappa shape index (κ2) is 45.6. The van der Waals surface area contributed by atoms with E-state index in [1.54, 1.807) is 0 Å². The monoisotopic (exact) mass is 789 g/mol. The summed E-state index contributed by atoms with van der Waals surface area (Å²) >= 11 is 0. The van der Waals surface area contributed by atoms with Gasteiger partial charge in [0.2, 0.25) is 0 Å². The third kappa shape index (κ3) is 43.0. The highest BCUT2D eigenvalue weighted by Crippen LogP contribution is 2.14. The summed E-state index contributed by atoms with van der Waals surface area (Å²) in [5.41, 5.74) is 0. The van der Waals surface area contributed by atoms with Gasteiger partial charge in [-0.1, -0.05) is 193 Å². The van der Waals surface area contributed by atoms with E-state index >= 15 is 0 Å². The van der Waals surface area contributed by atoms with Gasteiger partial charge in [0, 0.05) is 19.3 Å². The van der Waals surface area contributed by atoms with Gasteiger partial charge in [-0.2, -0.15) is 0 Å². The van der Waals surface area contributed by atoms with Gasteiger partial charge in [0.05, 0.1) is 0 Å². The lowest BCUT2D eigenvalue weighted by Crippen LogP contribution is -2.30. The fourth-order valence-electron chi connectivity index (χ4n) is 6.96. The minimum Gasteiger partial charge on any atom is -0.462 e. The Labute approximate surface area is 347 Å². The molecular weight excluding hydrogens is 697 g/mol. The van der Waals surface area contributed by atoms with Crippen molar-refractivity contribution >= 4 is 17.9 Å². The molecule has 0 radical (unpaired) electrons. The molecule has 6 heteroatoms. The van der Waals surface area contributed by atoms with Gasteiger partial charge in [-0.15, -0.1) is 0 Å². The first-order chi connectivity index (χ1) is 27.5. The molecule has 0 rings (SSSR count). The Balaban J connectivity index is 4.38. The van der Waals surface area contributed by atoms with Gasteiger partial charge in [-0.25, -0.2) is 0 Å². The van der Waals surface area contributed by atoms with E-state index < -0.39 is 6.10 Å². The Kier molecular flexibility index (Phi) is 43.9. The number of carbonyl (C=O) groups is 3. The van der Waals surface area contributed by atoms with Crippen molar-refractivity contribution in [3.8, 4) is 0 Å². The highest BCUT2D eigenvalue weighted by molar-refractivity contribution is 5.71. The number of esters is 3. The summed E-state index contributed by atoms with van der Waals surface area (Å²) in [6.07, 6.45) is 50.2. The normalized spacial score (nSPS) is 12.1. The van der Waals surface area contributed by atoms with Crippen LogP contribution in [0.15, 0.2) is 24.3 Å². The topological polar surface area (TPSA) is 78.9 Å². The van der Waals surface area contributed by atoms with E-state index in [0.29, 0.717) is 19.3 Å². The molecule has 0 saturated carbocycles. The van der Waals surface area contributed by atoms with Crippen LogP contribution in [0.1, 0.15) is 258 Å². The largest absolute Gasteiger partial charge is 0.462 e. The molecule has 0 N–H and O–H groups in total. The Morgan fingerprint density at radius 3 is 0.911 bits per heavy atom. The van der Waals surface area contributed by atoms with Gasteiger partial charge in [0.25, 0.3) is 0 Å². The molecule has 0 bridgehead atoms. The summed E-state index contributed by atoms with van der Waals surface area (Å²) < 4.78 is 16.7. The van der Waals surface area contributed by atoms with Crippen molar-refractivity contribution < 1.29 is 28.6 Å². The lowest BCUT2D eigenvalue weighted by molar-refractivity contribution is -0.167. The van der Waals surface area contributed by atoms with Crippen LogP contribution in [-0.2, 0) is 28.6 Å². The summed E-state index contributed by atoms with van der Waals surface area (Å²) in [6, 6.07) is 0. The van der Waals surface area contributed by atoms with Crippen LogP contribution in [-0.4, -0.2) is 37.2 Å². The minimum atomic E-state index is -0.779. The van der Waals surface area contributed by atoms with Crippen molar-refractivity contribution in [3.63, 3.8) is 0 Å². The lowest BCUT2D eigenvalue weighted by atomic mass is 10.1. The van der Waals surface area contributed by atoms with Crippen LogP contribution in [0, 0.1) is 0 Å². The van der Waals surface area contributed by atoms with Crippen molar-refractivity contribution in [3.05, 3.63) is 24.3 Å². The van der Waals surface area contributed by atoms with Crippen molar-refractivity contribution in [1.29, 1.82) is 0 Å². The fourth-order valence-corrected chi connectivity index (χ4v) is 6.96. The number of hydrogen-bond acceptors (Lipinski definition) is 6. The summed E-state index contributed by atoms with van der Waals surface area (Å²) in [7, 11) is 0. The molecule has 0 aromatic carbocycles. The molecule has 0 fully saturated rings. The van der Waals surface area contributed by atoms with E-state index in [2.05, 4.69) is 45.1 Å². The molecule has 0 saturated heterocycles. The molecule has 0 aliphatic heterocycles. The van der Waals surface area contributed by atoms with E-state index in [4.69, 9.17) is 14.2 Å². The summed E-state index contributed by atoms with van der Waals surface area (Å²) in [5, 5.41) is 0. The van der Waals surface area contributed by atoms with E-state index in [9.17, 15) is 14.4 Å². The average molecular weight is 789 g/mol. The average Bonchev–Trinajstić information content (AvgIpc) is 3.19. The molecular formula is C50H92O6. The third-order valence-electron chi connectivity index (χ3n) is 10.7. The number of unbranched alkanes of at least 4 members (excludes halogenated alkanes) is 29. The van der Waals surface area contributed by atoms with Crippen molar-refractivity contribution in [1.82, 2.24) is 0 Å². The van der Waals surface area contributed by atoms with Crippen molar-refractivity contribution in [2.24, 2.45) is 0 Å². The quantitative estimate of drug-likeness (QED) is 0.0265. The van der Waals surface area contributed by atoms with Gasteiger partial charge >= 0.3 is 17.9 Å². The molecule has 0 aromatic rings. The maximum atomic E-state index is 12.7. The van der Waals surface area contributed by atoms with Crippen LogP contribution in [0.3, 0.4) is 0 Å². The Morgan fingerprint density at radius 2 is 0.589 bits per heavy atom. The maximum absolute atomic E-state index is 12.7. The SMILES string of the molecule is CCCCCCCCC/C=C\CCCCCC(=O)OCC(COC(=O)CCCCCCCCCCCC)OC(=O)CCCCC/C=C\CCCCCCCCC. The van der Waals surface area contributed by atoms with E-state index in [1.807, 2.05) is 0 Å². The summed E-state index contributed by atoms with van der Waals surface area (Å²) in [6.45, 7) is 6.60. The van der Waals surface area contributed by atoms with Gasteiger partial charge < -0.3 is 14.2 Å². The number of hydrogen-bond donors (Lipinski definition) is 0. The third-order valence-corrected chi connectivity index (χ3v) is 10.7. The molecule has 0 aliphatic rings. The van der Waals surface area contributed by atoms with Gasteiger partial charge in [-0.05, 0) is 70.6 Å². The van der Waals surface area contributed by atoms with Gasteiger partial charge in [-0.3, -0.25) is 14.4 Å². The van der Waals surface area contributed by atoms with Gasteiger partial charge in [0.1, 0.15) is 13.2 Å². The smallest absolute Gasteiger partial charge is 0.306 e. The summed E-state index contributed by atoms with van der Waals surface area (Å²) in [4.78, 5) is 37.8. The number of carbonyl (C=O) groups excluding carboxylic acids is 3. The van der Waals surface area contributed by atoms with Gasteiger partial charge in [0.15, 0.2) is 6.10 Å². The summed E-state index contributed by atoms with van der Waals surface area (Å²) in [5.74, 6) is -0.906. The van der Waals surface area contributed by atoms with Crippen LogP contribution in [0.25, 0.3) is 0 Å². The first-order valence-corrected chi connectivity index (χ1v) is 24.3. The molecule has 0 aromatic heterocycles. The zero-order valence-electron chi connectivity index (χ0n) is 37.4. The molecule has 1 atom stereocenters. The van der Waals surface area contributed by atoms with Crippen molar-refractivity contribution in [2.45, 2.75) is 264 Å². The number of allylic oxidation sites excluding steroid dienone is 4. The van der Waals surface area contributed by atoms with Crippen LogP contribution >= 0.6 is 0 Å². The predicted molar refractivity (Wildman–Crippen MR) is 238 cm³/mol. The molecule has 6 nitrogen and oxygen atoms in total. The predicted octanol–water partition coefficient (Wildman–Crippen LogP) is 15.6. The molecule has 0 aliphatic carbocycles. The van der Waals surface area contributed by atoms with Crippen LogP contribution in [0.2, 0.25) is 0 Å². The minimum absolute atomic E-state index is 0.0790. The number of ether oxygens (including phenoxy) is 3. The molecule has 0 heterocycles. The first kappa shape index (κ1) is 53.9. The molecule has 0 amide bonds. The molecule has 1 unspecified atom stereocenters. The zero-order chi connectivity index (χ0) is 40.8. The Bertz CT molecular complexity index is 911. The molecule has 328 valence electrons. The fraction of sp³-hybridized carbons (Fsp3) is 0.860. The maximum Gasteiger partial charge on any atom is 0.306 e. The van der Waals surface area contributed by atoms with Crippen LogP contribution in [0.4, 0.5) is 0 Å². The Hall–Kier alpha value is -2.11. The van der Waals surface area contributed by atoms with Crippen LogP contribution < -0.4 is 0 Å². The van der Waals surface area contributed by atoms with E-state index in [0.717, 1.165) is 83.5 Å². The van der Waals surface area contributed by atoms with E-state index in [-0.39, 0.29) is 31.1 Å². The molecule has 0 spiro atoms.